The van der Waals surface area contributed by atoms with Crippen LogP contribution in [-0.2, 0) is 20.0 Å². The lowest BCUT2D eigenvalue weighted by Gasteiger charge is -2.14. The largest absolute Gasteiger partial charge is 0.328 e. The highest BCUT2D eigenvalue weighted by molar-refractivity contribution is 5.91. The van der Waals surface area contributed by atoms with E-state index in [1.54, 1.807) is 10.6 Å². The van der Waals surface area contributed by atoms with Crippen LogP contribution in [0.5, 0.6) is 0 Å². The van der Waals surface area contributed by atoms with Crippen molar-refractivity contribution < 1.29 is 0 Å². The highest BCUT2D eigenvalue weighted by Gasteiger charge is 2.16. The van der Waals surface area contributed by atoms with Crippen LogP contribution >= 0.6 is 0 Å². The number of pyridine rings is 1. The first-order chi connectivity index (χ1) is 12.6. The minimum atomic E-state index is -0.269. The molecule has 4 aromatic rings. The summed E-state index contributed by atoms with van der Waals surface area (Å²) >= 11 is 0. The zero-order valence-electron chi connectivity index (χ0n) is 14.8. The molecule has 0 aliphatic carbocycles. The maximum absolute atomic E-state index is 13.1. The van der Waals surface area contributed by atoms with Gasteiger partial charge >= 0.3 is 0 Å². The lowest BCUT2D eigenvalue weighted by molar-refractivity contribution is 0.635. The summed E-state index contributed by atoms with van der Waals surface area (Å²) in [4.78, 5) is 30.6. The summed E-state index contributed by atoms with van der Waals surface area (Å²) in [5, 5.41) is 0.699. The summed E-state index contributed by atoms with van der Waals surface area (Å²) in [6, 6.07) is 17.3. The van der Waals surface area contributed by atoms with E-state index >= 15 is 0 Å². The number of fused-ring (bicyclic) bond motifs is 2. The van der Waals surface area contributed by atoms with Gasteiger partial charge in [-0.1, -0.05) is 42.5 Å². The summed E-state index contributed by atoms with van der Waals surface area (Å²) in [7, 11) is 1.84. The molecule has 0 spiro atoms. The van der Waals surface area contributed by atoms with Gasteiger partial charge in [0, 0.05) is 19.0 Å². The van der Waals surface area contributed by atoms with Crippen LogP contribution in [0, 0.1) is 6.92 Å². The van der Waals surface area contributed by atoms with Crippen molar-refractivity contribution in [2.45, 2.75) is 19.9 Å². The first-order valence-electron chi connectivity index (χ1n) is 8.60. The fraction of sp³-hybridized carbons (Fsp3) is 0.190. The van der Waals surface area contributed by atoms with Crippen LogP contribution in [0.15, 0.2) is 64.2 Å². The summed E-state index contributed by atoms with van der Waals surface area (Å²) in [6.07, 6.45) is 0.711. The molecule has 0 N–H and O–H groups in total. The van der Waals surface area contributed by atoms with Gasteiger partial charge < -0.3 is 4.57 Å². The molecule has 2 aromatic heterocycles. The Labute approximate surface area is 150 Å². The maximum Gasteiger partial charge on any atom is 0.266 e. The van der Waals surface area contributed by atoms with Crippen molar-refractivity contribution in [1.82, 2.24) is 14.1 Å². The molecule has 0 saturated heterocycles. The van der Waals surface area contributed by atoms with E-state index in [1.807, 2.05) is 67.1 Å². The third kappa shape index (κ3) is 2.52. The Hall–Kier alpha value is -3.21. The number of rotatable bonds is 3. The monoisotopic (exact) mass is 345 g/mol. The van der Waals surface area contributed by atoms with Gasteiger partial charge in [-0.2, -0.15) is 0 Å². The highest BCUT2D eigenvalue weighted by Crippen LogP contribution is 2.15. The van der Waals surface area contributed by atoms with E-state index in [0.717, 1.165) is 11.1 Å². The van der Waals surface area contributed by atoms with Crippen LogP contribution in [0.25, 0.3) is 21.9 Å². The minimum Gasteiger partial charge on any atom is -0.328 e. The van der Waals surface area contributed by atoms with Crippen molar-refractivity contribution >= 4 is 21.9 Å². The van der Waals surface area contributed by atoms with Gasteiger partial charge in [-0.25, -0.2) is 4.98 Å². The fourth-order valence-corrected chi connectivity index (χ4v) is 3.44. The standard InChI is InChI=1S/C21H19N3O2/c1-14-22-20-18(19(25)16-10-6-7-11-17(16)23(20)2)21(26)24(14)13-12-15-8-4-3-5-9-15/h3-11H,12-13H2,1-2H3. The van der Waals surface area contributed by atoms with Gasteiger partial charge in [0.1, 0.15) is 11.2 Å². The second-order valence-corrected chi connectivity index (χ2v) is 6.46. The molecule has 0 atom stereocenters. The molecule has 130 valence electrons. The molecule has 0 unspecified atom stereocenters. The molecule has 0 aliphatic rings. The molecule has 4 rings (SSSR count). The average Bonchev–Trinajstić information content (AvgIpc) is 2.66. The van der Waals surface area contributed by atoms with Crippen LogP contribution in [0.1, 0.15) is 11.4 Å². The number of benzene rings is 2. The van der Waals surface area contributed by atoms with Gasteiger partial charge in [-0.05, 0) is 31.0 Å². The van der Waals surface area contributed by atoms with E-state index in [0.29, 0.717) is 29.8 Å². The molecule has 0 saturated carbocycles. The third-order valence-corrected chi connectivity index (χ3v) is 4.86. The molecule has 2 aromatic carbocycles. The Morgan fingerprint density at radius 3 is 2.42 bits per heavy atom. The van der Waals surface area contributed by atoms with E-state index < -0.39 is 0 Å². The quantitative estimate of drug-likeness (QED) is 0.537. The Morgan fingerprint density at radius 2 is 1.65 bits per heavy atom. The Morgan fingerprint density at radius 1 is 0.962 bits per heavy atom. The Bertz CT molecular complexity index is 1240. The SMILES string of the molecule is Cc1nc2c(c(=O)c3ccccc3n2C)c(=O)n1CCc1ccccc1. The Kier molecular flexibility index (Phi) is 3.92. The molecule has 0 bridgehead atoms. The molecule has 5 heteroatoms. The van der Waals surface area contributed by atoms with Crippen LogP contribution in [0.4, 0.5) is 0 Å². The number of para-hydroxylation sites is 1. The number of hydrogen-bond acceptors (Lipinski definition) is 3. The van der Waals surface area contributed by atoms with Crippen LogP contribution < -0.4 is 11.0 Å². The number of nitrogens with zero attached hydrogens (tertiary/aromatic N) is 3. The number of hydrogen-bond donors (Lipinski definition) is 0. The van der Waals surface area contributed by atoms with Gasteiger partial charge in [-0.15, -0.1) is 0 Å². The van der Waals surface area contributed by atoms with Crippen molar-refractivity contribution in [2.75, 3.05) is 0 Å². The molecule has 26 heavy (non-hydrogen) atoms. The average molecular weight is 345 g/mol. The maximum atomic E-state index is 13.1. The summed E-state index contributed by atoms with van der Waals surface area (Å²) in [5.41, 5.74) is 1.84. The third-order valence-electron chi connectivity index (χ3n) is 4.86. The van der Waals surface area contributed by atoms with E-state index in [2.05, 4.69) is 4.98 Å². The van der Waals surface area contributed by atoms with Crippen molar-refractivity contribution in [3.63, 3.8) is 0 Å². The zero-order valence-corrected chi connectivity index (χ0v) is 14.8. The van der Waals surface area contributed by atoms with Crippen molar-refractivity contribution in [2.24, 2.45) is 7.05 Å². The molecular weight excluding hydrogens is 326 g/mol. The number of aryl methyl sites for hydroxylation is 3. The van der Waals surface area contributed by atoms with Gasteiger partial charge in [0.15, 0.2) is 5.65 Å². The lowest BCUT2D eigenvalue weighted by atomic mass is 10.1. The molecule has 2 heterocycles. The van der Waals surface area contributed by atoms with Crippen molar-refractivity contribution in [1.29, 1.82) is 0 Å². The van der Waals surface area contributed by atoms with Crippen molar-refractivity contribution in [3.8, 4) is 0 Å². The zero-order chi connectivity index (χ0) is 18.3. The van der Waals surface area contributed by atoms with E-state index in [-0.39, 0.29) is 16.4 Å². The first kappa shape index (κ1) is 16.3. The molecule has 0 radical (unpaired) electrons. The molecule has 0 amide bonds. The van der Waals surface area contributed by atoms with E-state index in [4.69, 9.17) is 0 Å². The van der Waals surface area contributed by atoms with E-state index in [9.17, 15) is 9.59 Å². The Balaban J connectivity index is 1.93. The smallest absolute Gasteiger partial charge is 0.266 e. The second-order valence-electron chi connectivity index (χ2n) is 6.46. The van der Waals surface area contributed by atoms with Gasteiger partial charge in [0.2, 0.25) is 5.43 Å². The second kappa shape index (κ2) is 6.26. The fourth-order valence-electron chi connectivity index (χ4n) is 3.44. The topological polar surface area (TPSA) is 56.9 Å². The molecule has 0 fully saturated rings. The summed E-state index contributed by atoms with van der Waals surface area (Å²) in [5.74, 6) is 0.615. The molecule has 5 nitrogen and oxygen atoms in total. The summed E-state index contributed by atoms with van der Waals surface area (Å²) < 4.78 is 3.42. The normalized spacial score (nSPS) is 11.3. The number of aromatic nitrogens is 3. The first-order valence-corrected chi connectivity index (χ1v) is 8.60. The molecule has 0 aliphatic heterocycles. The predicted molar refractivity (Wildman–Crippen MR) is 104 cm³/mol. The minimum absolute atomic E-state index is 0.157. The van der Waals surface area contributed by atoms with Gasteiger partial charge in [-0.3, -0.25) is 14.2 Å². The van der Waals surface area contributed by atoms with E-state index in [1.165, 1.54) is 0 Å². The van der Waals surface area contributed by atoms with Crippen molar-refractivity contribution in [3.05, 3.63) is 86.6 Å². The highest BCUT2D eigenvalue weighted by atomic mass is 16.1. The summed E-state index contributed by atoms with van der Waals surface area (Å²) in [6.45, 7) is 2.30. The van der Waals surface area contributed by atoms with Gasteiger partial charge in [0.25, 0.3) is 5.56 Å². The molecular formula is C21H19N3O2. The lowest BCUT2D eigenvalue weighted by Crippen LogP contribution is -2.30. The predicted octanol–water partition coefficient (Wildman–Crippen LogP) is 2.80. The van der Waals surface area contributed by atoms with Crippen LogP contribution in [-0.4, -0.2) is 14.1 Å². The van der Waals surface area contributed by atoms with Crippen LogP contribution in [0.3, 0.4) is 0 Å². The van der Waals surface area contributed by atoms with Crippen LogP contribution in [0.2, 0.25) is 0 Å². The van der Waals surface area contributed by atoms with Gasteiger partial charge in [0.05, 0.1) is 5.52 Å².